The van der Waals surface area contributed by atoms with Gasteiger partial charge < -0.3 is 11.1 Å². The van der Waals surface area contributed by atoms with Crippen LogP contribution in [0.3, 0.4) is 0 Å². The molecule has 0 aromatic carbocycles. The van der Waals surface area contributed by atoms with Crippen molar-refractivity contribution in [2.45, 2.75) is 45.7 Å². The molecule has 0 aliphatic heterocycles. The normalized spacial score (nSPS) is 14.9. The van der Waals surface area contributed by atoms with Crippen molar-refractivity contribution in [3.63, 3.8) is 0 Å². The molecule has 2 unspecified atom stereocenters. The second-order valence-corrected chi connectivity index (χ2v) is 4.59. The zero-order valence-corrected chi connectivity index (χ0v) is 10.2. The van der Waals surface area contributed by atoms with E-state index in [0.717, 1.165) is 18.6 Å². The molecule has 3 N–H and O–H groups in total. The third-order valence-electron chi connectivity index (χ3n) is 2.11. The molecular formula is C10H22N2OS. The lowest BCUT2D eigenvalue weighted by Crippen LogP contribution is -2.33. The van der Waals surface area contributed by atoms with Crippen LogP contribution in [0.4, 0.5) is 0 Å². The highest BCUT2D eigenvalue weighted by molar-refractivity contribution is 7.99. The number of hydrogen-bond donors (Lipinski definition) is 2. The van der Waals surface area contributed by atoms with Crippen LogP contribution >= 0.6 is 11.8 Å². The molecule has 0 fully saturated rings. The van der Waals surface area contributed by atoms with E-state index in [-0.39, 0.29) is 18.0 Å². The van der Waals surface area contributed by atoms with Crippen molar-refractivity contribution >= 4 is 17.7 Å². The summed E-state index contributed by atoms with van der Waals surface area (Å²) in [6, 6.07) is 0.499. The Kier molecular flexibility index (Phi) is 7.99. The zero-order valence-electron chi connectivity index (χ0n) is 9.38. The molecule has 4 heteroatoms. The van der Waals surface area contributed by atoms with Gasteiger partial charge in [-0.05, 0) is 19.8 Å². The minimum atomic E-state index is 0.118. The van der Waals surface area contributed by atoms with Gasteiger partial charge in [0.2, 0.25) is 5.91 Å². The van der Waals surface area contributed by atoms with Gasteiger partial charge >= 0.3 is 0 Å². The van der Waals surface area contributed by atoms with Gasteiger partial charge in [-0.1, -0.05) is 13.8 Å². The maximum Gasteiger partial charge on any atom is 0.230 e. The molecule has 0 rings (SSSR count). The van der Waals surface area contributed by atoms with E-state index in [1.165, 1.54) is 0 Å². The van der Waals surface area contributed by atoms with Gasteiger partial charge in [-0.15, -0.1) is 0 Å². The van der Waals surface area contributed by atoms with Crippen LogP contribution in [0.15, 0.2) is 0 Å². The molecule has 0 aromatic heterocycles. The second kappa shape index (κ2) is 8.12. The molecule has 3 nitrogen and oxygen atoms in total. The van der Waals surface area contributed by atoms with Gasteiger partial charge in [-0.3, -0.25) is 4.79 Å². The summed E-state index contributed by atoms with van der Waals surface area (Å²) in [4.78, 5) is 11.3. The van der Waals surface area contributed by atoms with Crippen molar-refractivity contribution in [3.8, 4) is 0 Å². The average Bonchev–Trinajstić information content (AvgIpc) is 2.17. The van der Waals surface area contributed by atoms with Crippen molar-refractivity contribution in [1.29, 1.82) is 0 Å². The van der Waals surface area contributed by atoms with Crippen molar-refractivity contribution < 1.29 is 4.79 Å². The number of nitrogens with two attached hydrogens (primary N) is 1. The zero-order chi connectivity index (χ0) is 11.0. The SMILES string of the molecule is CCC(N)CSCC(=O)NC(C)CC. The summed E-state index contributed by atoms with van der Waals surface area (Å²) in [5, 5.41) is 2.92. The first-order chi connectivity index (χ1) is 6.60. The summed E-state index contributed by atoms with van der Waals surface area (Å²) in [5.74, 6) is 1.51. The standard InChI is InChI=1S/C10H22N2OS/c1-4-8(3)12-10(13)7-14-6-9(11)5-2/h8-9H,4-7,11H2,1-3H3,(H,12,13). The molecule has 0 aliphatic carbocycles. The lowest BCUT2D eigenvalue weighted by atomic mass is 10.3. The summed E-state index contributed by atoms with van der Waals surface area (Å²) in [5.41, 5.74) is 5.73. The Morgan fingerprint density at radius 1 is 1.43 bits per heavy atom. The first-order valence-electron chi connectivity index (χ1n) is 5.22. The van der Waals surface area contributed by atoms with Crippen LogP contribution < -0.4 is 11.1 Å². The van der Waals surface area contributed by atoms with Gasteiger partial charge in [-0.2, -0.15) is 11.8 Å². The summed E-state index contributed by atoms with van der Waals surface area (Å²) in [6.45, 7) is 6.13. The molecule has 0 spiro atoms. The molecule has 0 aromatic rings. The minimum absolute atomic E-state index is 0.118. The Balaban J connectivity index is 3.44. The number of thioether (sulfide) groups is 1. The molecule has 0 saturated carbocycles. The number of hydrogen-bond acceptors (Lipinski definition) is 3. The van der Waals surface area contributed by atoms with Crippen LogP contribution in [0, 0.1) is 0 Å². The molecule has 0 bridgehead atoms. The fourth-order valence-corrected chi connectivity index (χ4v) is 1.76. The second-order valence-electron chi connectivity index (χ2n) is 3.56. The Labute approximate surface area is 91.2 Å². The molecule has 0 radical (unpaired) electrons. The topological polar surface area (TPSA) is 55.1 Å². The Bertz CT molecular complexity index is 164. The average molecular weight is 218 g/mol. The Morgan fingerprint density at radius 2 is 2.07 bits per heavy atom. The van der Waals surface area contributed by atoms with Crippen LogP contribution in [0.5, 0.6) is 0 Å². The van der Waals surface area contributed by atoms with E-state index in [0.29, 0.717) is 5.75 Å². The highest BCUT2D eigenvalue weighted by Gasteiger charge is 2.06. The molecular weight excluding hydrogens is 196 g/mol. The number of nitrogens with one attached hydrogen (secondary N) is 1. The van der Waals surface area contributed by atoms with Crippen molar-refractivity contribution in [2.75, 3.05) is 11.5 Å². The number of carbonyl (C=O) groups excluding carboxylic acids is 1. The van der Waals surface area contributed by atoms with E-state index in [9.17, 15) is 4.79 Å². The van der Waals surface area contributed by atoms with E-state index in [4.69, 9.17) is 5.73 Å². The smallest absolute Gasteiger partial charge is 0.230 e. The van der Waals surface area contributed by atoms with Crippen LogP contribution in [0.25, 0.3) is 0 Å². The van der Waals surface area contributed by atoms with E-state index < -0.39 is 0 Å². The molecule has 0 saturated heterocycles. The Morgan fingerprint density at radius 3 is 2.57 bits per heavy atom. The Hall–Kier alpha value is -0.220. The number of amides is 1. The van der Waals surface area contributed by atoms with Crippen LogP contribution in [-0.2, 0) is 4.79 Å². The van der Waals surface area contributed by atoms with Crippen molar-refractivity contribution in [1.82, 2.24) is 5.32 Å². The van der Waals surface area contributed by atoms with Gasteiger partial charge in [-0.25, -0.2) is 0 Å². The fourth-order valence-electron chi connectivity index (χ4n) is 0.839. The van der Waals surface area contributed by atoms with Crippen molar-refractivity contribution in [3.05, 3.63) is 0 Å². The summed E-state index contributed by atoms with van der Waals surface area (Å²) < 4.78 is 0. The van der Waals surface area contributed by atoms with Crippen LogP contribution in [-0.4, -0.2) is 29.5 Å². The van der Waals surface area contributed by atoms with Gasteiger partial charge in [0, 0.05) is 17.8 Å². The van der Waals surface area contributed by atoms with E-state index >= 15 is 0 Å². The maximum absolute atomic E-state index is 11.3. The van der Waals surface area contributed by atoms with Crippen molar-refractivity contribution in [2.24, 2.45) is 5.73 Å². The van der Waals surface area contributed by atoms with Gasteiger partial charge in [0.15, 0.2) is 0 Å². The predicted molar refractivity (Wildman–Crippen MR) is 63.5 cm³/mol. The van der Waals surface area contributed by atoms with E-state index in [1.807, 2.05) is 6.92 Å². The highest BCUT2D eigenvalue weighted by atomic mass is 32.2. The van der Waals surface area contributed by atoms with Gasteiger partial charge in [0.25, 0.3) is 0 Å². The lowest BCUT2D eigenvalue weighted by Gasteiger charge is -2.12. The largest absolute Gasteiger partial charge is 0.353 e. The predicted octanol–water partition coefficient (Wildman–Crippen LogP) is 1.37. The minimum Gasteiger partial charge on any atom is -0.353 e. The molecule has 0 aliphatic rings. The highest BCUT2D eigenvalue weighted by Crippen LogP contribution is 2.03. The third kappa shape index (κ3) is 7.21. The monoisotopic (exact) mass is 218 g/mol. The molecule has 84 valence electrons. The number of rotatable bonds is 7. The number of carbonyl (C=O) groups is 1. The summed E-state index contributed by atoms with van der Waals surface area (Å²) >= 11 is 1.61. The summed E-state index contributed by atoms with van der Waals surface area (Å²) in [7, 11) is 0. The maximum atomic E-state index is 11.3. The molecule has 1 amide bonds. The van der Waals surface area contributed by atoms with Crippen LogP contribution in [0.1, 0.15) is 33.6 Å². The van der Waals surface area contributed by atoms with E-state index in [1.54, 1.807) is 11.8 Å². The summed E-state index contributed by atoms with van der Waals surface area (Å²) in [6.07, 6.45) is 1.95. The quantitative estimate of drug-likeness (QED) is 0.678. The lowest BCUT2D eigenvalue weighted by molar-refractivity contribution is -0.119. The van der Waals surface area contributed by atoms with Gasteiger partial charge in [0.1, 0.15) is 0 Å². The molecule has 2 atom stereocenters. The fraction of sp³-hybridized carbons (Fsp3) is 0.900. The first-order valence-corrected chi connectivity index (χ1v) is 6.38. The molecule has 0 heterocycles. The van der Waals surface area contributed by atoms with Gasteiger partial charge in [0.05, 0.1) is 5.75 Å². The first kappa shape index (κ1) is 13.8. The molecule has 14 heavy (non-hydrogen) atoms. The van der Waals surface area contributed by atoms with E-state index in [2.05, 4.69) is 19.2 Å². The van der Waals surface area contributed by atoms with Crippen LogP contribution in [0.2, 0.25) is 0 Å². The third-order valence-corrected chi connectivity index (χ3v) is 3.24.